The van der Waals surface area contributed by atoms with Gasteiger partial charge < -0.3 is 10.1 Å². The topological polar surface area (TPSA) is 93.4 Å². The summed E-state index contributed by atoms with van der Waals surface area (Å²) < 4.78 is 6.66. The summed E-state index contributed by atoms with van der Waals surface area (Å²) in [6.07, 6.45) is 2.40. The number of aryl methyl sites for hydroxylation is 1. The molecule has 0 saturated carbocycles. The fraction of sp³-hybridized carbons (Fsp3) is 0.250. The van der Waals surface area contributed by atoms with E-state index >= 15 is 0 Å². The minimum absolute atomic E-state index is 0.233. The van der Waals surface area contributed by atoms with Crippen LogP contribution in [0.15, 0.2) is 30.6 Å². The van der Waals surface area contributed by atoms with Gasteiger partial charge >= 0.3 is 6.09 Å². The number of aromatic nitrogens is 4. The Kier molecular flexibility index (Phi) is 4.71. The Morgan fingerprint density at radius 3 is 2.88 bits per heavy atom. The molecule has 0 aliphatic rings. The van der Waals surface area contributed by atoms with Crippen molar-refractivity contribution in [3.05, 3.63) is 41.2 Å². The Hall–Kier alpha value is -2.87. The van der Waals surface area contributed by atoms with Crippen LogP contribution in [0.3, 0.4) is 0 Å². The van der Waals surface area contributed by atoms with E-state index in [2.05, 4.69) is 25.8 Å². The molecule has 0 unspecified atom stereocenters. The van der Waals surface area contributed by atoms with Gasteiger partial charge in [-0.3, -0.25) is 9.72 Å². The second-order valence-electron chi connectivity index (χ2n) is 5.66. The monoisotopic (exact) mass is 360 g/mol. The molecule has 8 nitrogen and oxygen atoms in total. The molecule has 0 aliphatic heterocycles. The summed E-state index contributed by atoms with van der Waals surface area (Å²) in [4.78, 5) is 16.1. The first-order valence-corrected chi connectivity index (χ1v) is 8.02. The molecular weight excluding hydrogens is 344 g/mol. The number of nitrogens with one attached hydrogen (secondary N) is 2. The van der Waals surface area contributed by atoms with E-state index in [4.69, 9.17) is 16.3 Å². The number of hydrogen-bond acceptors (Lipinski definition) is 6. The van der Waals surface area contributed by atoms with E-state index in [0.717, 1.165) is 11.3 Å². The lowest BCUT2D eigenvalue weighted by atomic mass is 10.2. The van der Waals surface area contributed by atoms with Crippen LogP contribution in [0, 0.1) is 6.92 Å². The van der Waals surface area contributed by atoms with Crippen molar-refractivity contribution in [1.29, 1.82) is 0 Å². The SMILES string of the molecule is Cc1ccc(Cl)cc1Nc1nccn2c(NC(=O)OC(C)C)nnc12. The molecule has 25 heavy (non-hydrogen) atoms. The van der Waals surface area contributed by atoms with Crippen LogP contribution in [0.25, 0.3) is 5.65 Å². The van der Waals surface area contributed by atoms with Gasteiger partial charge in [0.1, 0.15) is 0 Å². The maximum Gasteiger partial charge on any atom is 0.414 e. The van der Waals surface area contributed by atoms with Crippen molar-refractivity contribution in [2.45, 2.75) is 26.9 Å². The molecule has 0 bridgehead atoms. The Morgan fingerprint density at radius 1 is 1.32 bits per heavy atom. The van der Waals surface area contributed by atoms with Gasteiger partial charge in [0.15, 0.2) is 5.82 Å². The predicted octanol–water partition coefficient (Wildman–Crippen LogP) is 3.79. The first kappa shape index (κ1) is 17.0. The van der Waals surface area contributed by atoms with Gasteiger partial charge in [0.2, 0.25) is 11.6 Å². The maximum absolute atomic E-state index is 11.8. The van der Waals surface area contributed by atoms with Crippen molar-refractivity contribution >= 4 is 40.8 Å². The van der Waals surface area contributed by atoms with Crippen LogP contribution in [0.2, 0.25) is 5.02 Å². The Balaban J connectivity index is 1.91. The zero-order valence-electron chi connectivity index (χ0n) is 13.9. The predicted molar refractivity (Wildman–Crippen MR) is 95.5 cm³/mol. The number of carbonyl (C=O) groups is 1. The highest BCUT2D eigenvalue weighted by Gasteiger charge is 2.14. The summed E-state index contributed by atoms with van der Waals surface area (Å²) in [6, 6.07) is 5.52. The third kappa shape index (κ3) is 3.80. The number of halogens is 1. The molecule has 0 fully saturated rings. The lowest BCUT2D eigenvalue weighted by Gasteiger charge is -2.10. The smallest absolute Gasteiger partial charge is 0.414 e. The highest BCUT2D eigenvalue weighted by Crippen LogP contribution is 2.25. The molecule has 3 aromatic rings. The van der Waals surface area contributed by atoms with E-state index in [1.54, 1.807) is 36.7 Å². The van der Waals surface area contributed by atoms with Crippen LogP contribution >= 0.6 is 11.6 Å². The largest absolute Gasteiger partial charge is 0.447 e. The maximum atomic E-state index is 11.8. The van der Waals surface area contributed by atoms with Crippen molar-refractivity contribution in [3.63, 3.8) is 0 Å². The van der Waals surface area contributed by atoms with Gasteiger partial charge in [0, 0.05) is 23.1 Å². The lowest BCUT2D eigenvalue weighted by Crippen LogP contribution is -2.19. The van der Waals surface area contributed by atoms with Crippen molar-refractivity contribution < 1.29 is 9.53 Å². The third-order valence-electron chi connectivity index (χ3n) is 3.34. The first-order valence-electron chi connectivity index (χ1n) is 7.64. The first-order chi connectivity index (χ1) is 11.9. The fourth-order valence-electron chi connectivity index (χ4n) is 2.19. The molecular formula is C16H17ClN6O2. The highest BCUT2D eigenvalue weighted by atomic mass is 35.5. The van der Waals surface area contributed by atoms with Gasteiger partial charge in [-0.05, 0) is 38.5 Å². The molecule has 0 atom stereocenters. The zero-order chi connectivity index (χ0) is 18.0. The van der Waals surface area contributed by atoms with Gasteiger partial charge in [-0.1, -0.05) is 17.7 Å². The fourth-order valence-corrected chi connectivity index (χ4v) is 2.36. The number of amides is 1. The van der Waals surface area contributed by atoms with Crippen LogP contribution in [0.1, 0.15) is 19.4 Å². The number of hydrogen-bond donors (Lipinski definition) is 2. The van der Waals surface area contributed by atoms with Gasteiger partial charge in [0.05, 0.1) is 6.10 Å². The normalized spacial score (nSPS) is 10.9. The van der Waals surface area contributed by atoms with Gasteiger partial charge in [-0.15, -0.1) is 10.2 Å². The van der Waals surface area contributed by atoms with E-state index in [0.29, 0.717) is 16.5 Å². The van der Waals surface area contributed by atoms with Gasteiger partial charge in [-0.2, -0.15) is 0 Å². The summed E-state index contributed by atoms with van der Waals surface area (Å²) in [7, 11) is 0. The van der Waals surface area contributed by atoms with Crippen molar-refractivity contribution in [2.75, 3.05) is 10.6 Å². The molecule has 2 N–H and O–H groups in total. The van der Waals surface area contributed by atoms with Crippen molar-refractivity contribution in [2.24, 2.45) is 0 Å². The molecule has 0 spiro atoms. The summed E-state index contributed by atoms with van der Waals surface area (Å²) >= 11 is 6.05. The second kappa shape index (κ2) is 6.94. The van der Waals surface area contributed by atoms with Crippen LogP contribution in [-0.2, 0) is 4.74 Å². The van der Waals surface area contributed by atoms with Crippen LogP contribution in [0.4, 0.5) is 22.2 Å². The lowest BCUT2D eigenvalue weighted by molar-refractivity contribution is 0.129. The average Bonchev–Trinajstić information content (AvgIpc) is 2.94. The summed E-state index contributed by atoms with van der Waals surface area (Å²) in [5.74, 6) is 0.736. The summed E-state index contributed by atoms with van der Waals surface area (Å²) in [6.45, 7) is 5.49. The zero-order valence-corrected chi connectivity index (χ0v) is 14.7. The Bertz CT molecular complexity index is 924. The van der Waals surface area contributed by atoms with E-state index in [9.17, 15) is 4.79 Å². The molecule has 9 heteroatoms. The molecule has 1 amide bonds. The van der Waals surface area contributed by atoms with E-state index in [1.807, 2.05) is 19.1 Å². The number of fused-ring (bicyclic) bond motifs is 1. The second-order valence-corrected chi connectivity index (χ2v) is 6.09. The summed E-state index contributed by atoms with van der Waals surface area (Å²) in [5.41, 5.74) is 2.28. The molecule has 0 aliphatic carbocycles. The number of carbonyl (C=O) groups excluding carboxylic acids is 1. The number of anilines is 3. The molecule has 130 valence electrons. The quantitative estimate of drug-likeness (QED) is 0.735. The number of nitrogens with zero attached hydrogens (tertiary/aromatic N) is 4. The molecule has 1 aromatic carbocycles. The average molecular weight is 361 g/mol. The minimum Gasteiger partial charge on any atom is -0.447 e. The summed E-state index contributed by atoms with van der Waals surface area (Å²) in [5, 5.41) is 14.4. The van der Waals surface area contributed by atoms with Gasteiger partial charge in [-0.25, -0.2) is 9.78 Å². The standard InChI is InChI=1S/C16H17ClN6O2/c1-9(2)25-16(24)20-15-22-21-14-13(18-6-7-23(14)15)19-12-8-11(17)5-4-10(12)3/h4-9H,1-3H3,(H,18,19)(H,20,22,24). The molecule has 3 rings (SSSR count). The van der Waals surface area contributed by atoms with Crippen LogP contribution in [0.5, 0.6) is 0 Å². The number of rotatable bonds is 4. The molecule has 0 radical (unpaired) electrons. The molecule has 2 heterocycles. The minimum atomic E-state index is -0.596. The number of ether oxygens (including phenoxy) is 1. The van der Waals surface area contributed by atoms with E-state index in [-0.39, 0.29) is 12.1 Å². The third-order valence-corrected chi connectivity index (χ3v) is 3.57. The highest BCUT2D eigenvalue weighted by molar-refractivity contribution is 6.30. The van der Waals surface area contributed by atoms with Gasteiger partial charge in [0.25, 0.3) is 0 Å². The van der Waals surface area contributed by atoms with Crippen LogP contribution < -0.4 is 10.6 Å². The number of benzene rings is 1. The Labute approximate surface area is 149 Å². The van der Waals surface area contributed by atoms with E-state index in [1.165, 1.54) is 0 Å². The molecule has 2 aromatic heterocycles. The van der Waals surface area contributed by atoms with Crippen molar-refractivity contribution in [1.82, 2.24) is 19.6 Å². The van der Waals surface area contributed by atoms with Crippen LogP contribution in [-0.4, -0.2) is 31.8 Å². The van der Waals surface area contributed by atoms with E-state index < -0.39 is 6.09 Å². The van der Waals surface area contributed by atoms with Crippen molar-refractivity contribution in [3.8, 4) is 0 Å². The molecule has 0 saturated heterocycles. The Morgan fingerprint density at radius 2 is 2.12 bits per heavy atom.